The van der Waals surface area contributed by atoms with Crippen molar-refractivity contribution in [2.45, 2.75) is 382 Å². The van der Waals surface area contributed by atoms with Crippen LogP contribution in [0.3, 0.4) is 0 Å². The van der Waals surface area contributed by atoms with E-state index in [1.54, 1.807) is 0 Å². The molecule has 0 amide bonds. The summed E-state index contributed by atoms with van der Waals surface area (Å²) in [5, 5.41) is 10.6. The third kappa shape index (κ3) is 65.4. The van der Waals surface area contributed by atoms with Gasteiger partial charge in [0.05, 0.1) is 26.4 Å². The second-order valence-corrected chi connectivity index (χ2v) is 30.9. The highest BCUT2D eigenvalue weighted by Crippen LogP contribution is 2.45. The molecule has 0 saturated heterocycles. The summed E-state index contributed by atoms with van der Waals surface area (Å²) >= 11 is 0. The van der Waals surface area contributed by atoms with Gasteiger partial charge in [-0.25, -0.2) is 9.13 Å². The Morgan fingerprint density at radius 3 is 0.772 bits per heavy atom. The van der Waals surface area contributed by atoms with E-state index in [-0.39, 0.29) is 25.7 Å². The number of carbonyl (C=O) groups excluding carboxylic acids is 4. The monoisotopic (exact) mass is 1350 g/mol. The molecule has 19 heteroatoms. The number of hydrogen-bond donors (Lipinski definition) is 3. The third-order valence-electron chi connectivity index (χ3n) is 17.2. The molecule has 0 heterocycles. The first-order valence-corrected chi connectivity index (χ1v) is 40.7. The number of aliphatic hydroxyl groups excluding tert-OH is 1. The number of esters is 4. The Morgan fingerprint density at radius 1 is 0.304 bits per heavy atom. The lowest BCUT2D eigenvalue weighted by Crippen LogP contribution is -2.30. The summed E-state index contributed by atoms with van der Waals surface area (Å²) in [6.07, 6.45) is 45.8. The summed E-state index contributed by atoms with van der Waals surface area (Å²) in [4.78, 5) is 72.7. The van der Waals surface area contributed by atoms with Gasteiger partial charge in [0.15, 0.2) is 12.2 Å². The van der Waals surface area contributed by atoms with Crippen LogP contribution in [0.5, 0.6) is 0 Å². The first kappa shape index (κ1) is 90.1. The third-order valence-corrected chi connectivity index (χ3v) is 19.1. The van der Waals surface area contributed by atoms with Crippen LogP contribution in [0.4, 0.5) is 0 Å². The molecule has 0 aromatic rings. The molecule has 92 heavy (non-hydrogen) atoms. The van der Waals surface area contributed by atoms with Crippen molar-refractivity contribution >= 4 is 39.5 Å². The van der Waals surface area contributed by atoms with E-state index in [2.05, 4.69) is 55.4 Å². The van der Waals surface area contributed by atoms with E-state index in [1.165, 1.54) is 161 Å². The Morgan fingerprint density at radius 2 is 0.522 bits per heavy atom. The Balaban J connectivity index is 5.26. The maximum atomic E-state index is 13.1. The quantitative estimate of drug-likeness (QED) is 0.0222. The summed E-state index contributed by atoms with van der Waals surface area (Å²) in [5.74, 6) is 0.904. The Labute approximate surface area is 562 Å². The molecule has 0 aliphatic carbocycles. The maximum absolute atomic E-state index is 13.1. The minimum atomic E-state index is -4.96. The molecule has 0 bridgehead atoms. The van der Waals surface area contributed by atoms with Crippen LogP contribution in [0, 0.1) is 23.7 Å². The zero-order valence-electron chi connectivity index (χ0n) is 60.2. The molecule has 0 saturated carbocycles. The van der Waals surface area contributed by atoms with Crippen LogP contribution in [-0.2, 0) is 65.4 Å². The Bertz CT molecular complexity index is 1820. The fourth-order valence-corrected chi connectivity index (χ4v) is 12.6. The number of rotatable bonds is 70. The molecule has 17 nitrogen and oxygen atoms in total. The predicted molar refractivity (Wildman–Crippen MR) is 372 cm³/mol. The van der Waals surface area contributed by atoms with Crippen molar-refractivity contribution in [2.75, 3.05) is 39.6 Å². The fourth-order valence-electron chi connectivity index (χ4n) is 11.0. The summed E-state index contributed by atoms with van der Waals surface area (Å²) < 4.78 is 68.4. The predicted octanol–water partition coefficient (Wildman–Crippen LogP) is 20.9. The standard InChI is InChI=1S/C73H142O17P2/c1-9-66(8)52-44-36-27-21-17-18-24-30-40-48-56-73(78)90-69(60-84-71(76)54-46-38-32-31-35-43-51-65(6)7)62-88-92(81,82)86-58-67(74)57-85-91(79,80)87-61-68(59-83-70(75)53-45-37-28-22-16-12-14-20-26-34-42-50-64(4)5)89-72(77)55-47-39-29-23-15-11-10-13-19-25-33-41-49-63(2)3/h63-69,74H,9-62H2,1-8H3,(H,79,80)(H,81,82)/t66?,67-,68-,69-/m1/s1. The van der Waals surface area contributed by atoms with E-state index in [0.717, 1.165) is 114 Å². The minimum absolute atomic E-state index is 0.105. The second-order valence-electron chi connectivity index (χ2n) is 28.0. The van der Waals surface area contributed by atoms with E-state index < -0.39 is 97.5 Å². The highest BCUT2D eigenvalue weighted by molar-refractivity contribution is 7.47. The van der Waals surface area contributed by atoms with Crippen LogP contribution in [0.25, 0.3) is 0 Å². The second kappa shape index (κ2) is 62.6. The van der Waals surface area contributed by atoms with Crippen LogP contribution in [0.1, 0.15) is 364 Å². The van der Waals surface area contributed by atoms with Crippen LogP contribution >= 0.6 is 15.6 Å². The zero-order chi connectivity index (χ0) is 68.2. The summed E-state index contributed by atoms with van der Waals surface area (Å²) in [6.45, 7) is 14.1. The number of phosphoric ester groups is 2. The molecular weight excluding hydrogens is 1210 g/mol. The van der Waals surface area contributed by atoms with Gasteiger partial charge in [-0.3, -0.25) is 37.3 Å². The van der Waals surface area contributed by atoms with Gasteiger partial charge in [-0.2, -0.15) is 0 Å². The first-order valence-electron chi connectivity index (χ1n) is 37.7. The molecule has 6 atom stereocenters. The molecule has 0 aliphatic heterocycles. The van der Waals surface area contributed by atoms with Crippen LogP contribution < -0.4 is 0 Å². The van der Waals surface area contributed by atoms with Crippen LogP contribution in [0.15, 0.2) is 0 Å². The van der Waals surface area contributed by atoms with Crippen molar-refractivity contribution in [1.82, 2.24) is 0 Å². The van der Waals surface area contributed by atoms with Gasteiger partial charge in [0.1, 0.15) is 19.3 Å². The van der Waals surface area contributed by atoms with Gasteiger partial charge < -0.3 is 33.8 Å². The van der Waals surface area contributed by atoms with Gasteiger partial charge in [-0.05, 0) is 49.4 Å². The van der Waals surface area contributed by atoms with Crippen LogP contribution in [0.2, 0.25) is 0 Å². The highest BCUT2D eigenvalue weighted by Gasteiger charge is 2.30. The molecule has 3 unspecified atom stereocenters. The molecule has 0 radical (unpaired) electrons. The van der Waals surface area contributed by atoms with Crippen molar-refractivity contribution in [3.8, 4) is 0 Å². The Kier molecular flexibility index (Phi) is 61.3. The summed E-state index contributed by atoms with van der Waals surface area (Å²) in [5.41, 5.74) is 0. The summed E-state index contributed by atoms with van der Waals surface area (Å²) in [6, 6.07) is 0. The minimum Gasteiger partial charge on any atom is -0.462 e. The van der Waals surface area contributed by atoms with Gasteiger partial charge in [0, 0.05) is 25.7 Å². The van der Waals surface area contributed by atoms with Crippen molar-refractivity contribution in [2.24, 2.45) is 23.7 Å². The van der Waals surface area contributed by atoms with Gasteiger partial charge in [-0.15, -0.1) is 0 Å². The molecule has 0 fully saturated rings. The number of carbonyl (C=O) groups is 4. The number of ether oxygens (including phenoxy) is 4. The van der Waals surface area contributed by atoms with Crippen molar-refractivity contribution < 1.29 is 80.2 Å². The van der Waals surface area contributed by atoms with Crippen LogP contribution in [-0.4, -0.2) is 96.7 Å². The summed E-state index contributed by atoms with van der Waals surface area (Å²) in [7, 11) is -9.91. The molecule has 546 valence electrons. The van der Waals surface area contributed by atoms with E-state index in [9.17, 15) is 43.2 Å². The molecule has 0 aliphatic rings. The molecule has 0 aromatic heterocycles. The van der Waals surface area contributed by atoms with E-state index in [0.29, 0.717) is 31.6 Å². The zero-order valence-corrected chi connectivity index (χ0v) is 62.0. The molecular formula is C73H142O17P2. The Hall–Kier alpha value is -1.94. The van der Waals surface area contributed by atoms with Crippen molar-refractivity contribution in [3.05, 3.63) is 0 Å². The van der Waals surface area contributed by atoms with Gasteiger partial charge >= 0.3 is 39.5 Å². The number of aliphatic hydroxyl groups is 1. The maximum Gasteiger partial charge on any atom is 0.472 e. The topological polar surface area (TPSA) is 237 Å². The van der Waals surface area contributed by atoms with Crippen molar-refractivity contribution in [1.29, 1.82) is 0 Å². The largest absolute Gasteiger partial charge is 0.472 e. The van der Waals surface area contributed by atoms with Crippen molar-refractivity contribution in [3.63, 3.8) is 0 Å². The molecule has 0 spiro atoms. The lowest BCUT2D eigenvalue weighted by atomic mass is 9.99. The number of phosphoric acid groups is 2. The number of hydrogen-bond acceptors (Lipinski definition) is 15. The molecule has 0 aromatic carbocycles. The number of unbranched alkanes of at least 4 members (excludes halogenated alkanes) is 35. The fraction of sp³-hybridized carbons (Fsp3) is 0.945. The SMILES string of the molecule is CCC(C)CCCCCCCCCCCCC(=O)O[C@H](COC(=O)CCCCCCCCC(C)C)COP(=O)(O)OC[C@H](O)COP(=O)(O)OC[C@@H](COC(=O)CCCCCCCCCCCCCC(C)C)OC(=O)CCCCCCCCCCCCCCC(C)C. The average Bonchev–Trinajstić information content (AvgIpc) is 3.64. The highest BCUT2D eigenvalue weighted by atomic mass is 31.2. The molecule has 0 rings (SSSR count). The smallest absolute Gasteiger partial charge is 0.462 e. The lowest BCUT2D eigenvalue weighted by molar-refractivity contribution is -0.161. The van der Waals surface area contributed by atoms with E-state index in [1.807, 2.05) is 0 Å². The average molecular weight is 1350 g/mol. The van der Waals surface area contributed by atoms with Gasteiger partial charge in [0.2, 0.25) is 0 Å². The lowest BCUT2D eigenvalue weighted by Gasteiger charge is -2.21. The van der Waals surface area contributed by atoms with E-state index >= 15 is 0 Å². The first-order chi connectivity index (χ1) is 44.1. The molecule has 3 N–H and O–H groups in total. The van der Waals surface area contributed by atoms with Gasteiger partial charge in [0.25, 0.3) is 0 Å². The van der Waals surface area contributed by atoms with Gasteiger partial charge in [-0.1, -0.05) is 312 Å². The normalized spacial score (nSPS) is 14.5. The van der Waals surface area contributed by atoms with E-state index in [4.69, 9.17) is 37.0 Å².